The molecular formula is C12H9ClFN. The van der Waals surface area contributed by atoms with Crippen LogP contribution in [0.1, 0.15) is 5.69 Å². The van der Waals surface area contributed by atoms with Crippen molar-refractivity contribution in [1.29, 1.82) is 0 Å². The van der Waals surface area contributed by atoms with Crippen LogP contribution in [-0.4, -0.2) is 4.98 Å². The number of pyridine rings is 1. The molecule has 0 spiro atoms. The normalized spacial score (nSPS) is 10.3. The molecule has 0 saturated heterocycles. The van der Waals surface area contributed by atoms with Crippen molar-refractivity contribution in [1.82, 2.24) is 4.98 Å². The third-order valence-electron chi connectivity index (χ3n) is 2.14. The van der Waals surface area contributed by atoms with Crippen LogP contribution in [0.25, 0.3) is 11.1 Å². The van der Waals surface area contributed by atoms with Gasteiger partial charge in [-0.3, -0.25) is 0 Å². The molecule has 0 bridgehead atoms. The summed E-state index contributed by atoms with van der Waals surface area (Å²) in [5.74, 6) is -0.255. The predicted octanol–water partition coefficient (Wildman–Crippen LogP) is 3.85. The van der Waals surface area contributed by atoms with Crippen LogP contribution >= 0.6 is 11.6 Å². The van der Waals surface area contributed by atoms with E-state index in [1.54, 1.807) is 12.1 Å². The van der Waals surface area contributed by atoms with E-state index in [0.717, 1.165) is 16.8 Å². The van der Waals surface area contributed by atoms with Crippen LogP contribution in [0.5, 0.6) is 0 Å². The smallest absolute Gasteiger partial charge is 0.137 e. The highest BCUT2D eigenvalue weighted by molar-refractivity contribution is 6.32. The third-order valence-corrected chi connectivity index (χ3v) is 2.43. The molecule has 1 heterocycles. The average Bonchev–Trinajstić information content (AvgIpc) is 2.20. The molecule has 76 valence electrons. The number of halogens is 2. The molecule has 15 heavy (non-hydrogen) atoms. The molecule has 0 N–H and O–H groups in total. The van der Waals surface area contributed by atoms with Crippen LogP contribution in [0.2, 0.25) is 5.15 Å². The van der Waals surface area contributed by atoms with Gasteiger partial charge in [-0.05, 0) is 36.8 Å². The van der Waals surface area contributed by atoms with E-state index in [2.05, 4.69) is 4.98 Å². The first-order chi connectivity index (χ1) is 7.16. The Labute approximate surface area is 92.5 Å². The number of rotatable bonds is 1. The van der Waals surface area contributed by atoms with Crippen LogP contribution in [-0.2, 0) is 0 Å². The molecule has 0 amide bonds. The lowest BCUT2D eigenvalue weighted by molar-refractivity contribution is 0.628. The predicted molar refractivity (Wildman–Crippen MR) is 59.4 cm³/mol. The molecule has 0 aliphatic heterocycles. The van der Waals surface area contributed by atoms with Gasteiger partial charge in [0.05, 0.1) is 0 Å². The Morgan fingerprint density at radius 2 is 1.73 bits per heavy atom. The summed E-state index contributed by atoms with van der Waals surface area (Å²) in [5.41, 5.74) is 2.56. The van der Waals surface area contributed by atoms with E-state index in [9.17, 15) is 4.39 Å². The zero-order chi connectivity index (χ0) is 10.8. The summed E-state index contributed by atoms with van der Waals surface area (Å²) >= 11 is 6.00. The maximum Gasteiger partial charge on any atom is 0.137 e. The van der Waals surface area contributed by atoms with E-state index in [4.69, 9.17) is 11.6 Å². The number of hydrogen-bond donors (Lipinski definition) is 0. The van der Waals surface area contributed by atoms with Gasteiger partial charge in [0.1, 0.15) is 11.0 Å². The highest BCUT2D eigenvalue weighted by Crippen LogP contribution is 2.26. The molecule has 0 fully saturated rings. The largest absolute Gasteiger partial charge is 0.241 e. The summed E-state index contributed by atoms with van der Waals surface area (Å²) < 4.78 is 12.7. The van der Waals surface area contributed by atoms with Crippen LogP contribution in [0.3, 0.4) is 0 Å². The fourth-order valence-electron chi connectivity index (χ4n) is 1.37. The minimum absolute atomic E-state index is 0.255. The van der Waals surface area contributed by atoms with E-state index in [-0.39, 0.29) is 5.82 Å². The van der Waals surface area contributed by atoms with Crippen molar-refractivity contribution in [3.63, 3.8) is 0 Å². The second-order valence-electron chi connectivity index (χ2n) is 3.30. The molecule has 0 aliphatic carbocycles. The van der Waals surface area contributed by atoms with Gasteiger partial charge in [-0.15, -0.1) is 0 Å². The standard InChI is InChI=1S/C12H9ClFN/c1-8-2-7-11(12(13)15-8)9-3-5-10(14)6-4-9/h2-7H,1H3. The average molecular weight is 222 g/mol. The molecular weight excluding hydrogens is 213 g/mol. The lowest BCUT2D eigenvalue weighted by atomic mass is 10.1. The summed E-state index contributed by atoms with van der Waals surface area (Å²) in [5, 5.41) is 0.446. The summed E-state index contributed by atoms with van der Waals surface area (Å²) in [6, 6.07) is 9.96. The van der Waals surface area contributed by atoms with Gasteiger partial charge in [-0.1, -0.05) is 23.7 Å². The topological polar surface area (TPSA) is 12.9 Å². The Morgan fingerprint density at radius 3 is 2.33 bits per heavy atom. The van der Waals surface area contributed by atoms with Gasteiger partial charge < -0.3 is 0 Å². The van der Waals surface area contributed by atoms with Crippen LogP contribution in [0.4, 0.5) is 4.39 Å². The number of aryl methyl sites for hydroxylation is 1. The van der Waals surface area contributed by atoms with E-state index in [1.807, 2.05) is 19.1 Å². The van der Waals surface area contributed by atoms with E-state index >= 15 is 0 Å². The van der Waals surface area contributed by atoms with Crippen molar-refractivity contribution < 1.29 is 4.39 Å². The zero-order valence-corrected chi connectivity index (χ0v) is 8.92. The molecule has 1 aromatic heterocycles. The molecule has 1 aromatic carbocycles. The maximum atomic E-state index is 12.7. The Hall–Kier alpha value is -1.41. The first-order valence-corrected chi connectivity index (χ1v) is 4.94. The Balaban J connectivity index is 2.49. The number of hydrogen-bond acceptors (Lipinski definition) is 1. The van der Waals surface area contributed by atoms with E-state index < -0.39 is 0 Å². The van der Waals surface area contributed by atoms with E-state index in [0.29, 0.717) is 5.15 Å². The zero-order valence-electron chi connectivity index (χ0n) is 8.17. The first kappa shape index (κ1) is 10.1. The Kier molecular flexibility index (Phi) is 2.69. The van der Waals surface area contributed by atoms with Crippen molar-refractivity contribution in [2.45, 2.75) is 6.92 Å². The quantitative estimate of drug-likeness (QED) is 0.667. The number of aromatic nitrogens is 1. The summed E-state index contributed by atoms with van der Waals surface area (Å²) in [4.78, 5) is 4.14. The van der Waals surface area contributed by atoms with Gasteiger partial charge in [0.25, 0.3) is 0 Å². The molecule has 0 radical (unpaired) electrons. The molecule has 0 saturated carbocycles. The van der Waals surface area contributed by atoms with Gasteiger partial charge in [-0.2, -0.15) is 0 Å². The second kappa shape index (κ2) is 3.99. The van der Waals surface area contributed by atoms with Gasteiger partial charge in [0, 0.05) is 11.3 Å². The highest BCUT2D eigenvalue weighted by Gasteiger charge is 2.04. The molecule has 0 atom stereocenters. The maximum absolute atomic E-state index is 12.7. The minimum atomic E-state index is -0.255. The molecule has 0 unspecified atom stereocenters. The van der Waals surface area contributed by atoms with Crippen molar-refractivity contribution in [2.75, 3.05) is 0 Å². The monoisotopic (exact) mass is 221 g/mol. The van der Waals surface area contributed by atoms with Gasteiger partial charge in [0.2, 0.25) is 0 Å². The Bertz CT molecular complexity index is 479. The van der Waals surface area contributed by atoms with Crippen molar-refractivity contribution in [2.24, 2.45) is 0 Å². The van der Waals surface area contributed by atoms with Gasteiger partial charge in [0.15, 0.2) is 0 Å². The summed E-state index contributed by atoms with van der Waals surface area (Å²) in [6.45, 7) is 1.88. The fourth-order valence-corrected chi connectivity index (χ4v) is 1.68. The van der Waals surface area contributed by atoms with Crippen LogP contribution in [0.15, 0.2) is 36.4 Å². The van der Waals surface area contributed by atoms with Crippen molar-refractivity contribution >= 4 is 11.6 Å². The lowest BCUT2D eigenvalue weighted by Gasteiger charge is -2.04. The molecule has 1 nitrogen and oxygen atoms in total. The number of benzene rings is 1. The summed E-state index contributed by atoms with van der Waals surface area (Å²) in [6.07, 6.45) is 0. The van der Waals surface area contributed by atoms with Crippen LogP contribution in [0, 0.1) is 12.7 Å². The minimum Gasteiger partial charge on any atom is -0.241 e. The molecule has 2 aromatic rings. The molecule has 3 heteroatoms. The Morgan fingerprint density at radius 1 is 1.07 bits per heavy atom. The third kappa shape index (κ3) is 2.16. The lowest BCUT2D eigenvalue weighted by Crippen LogP contribution is -1.86. The molecule has 0 aliphatic rings. The number of nitrogens with zero attached hydrogens (tertiary/aromatic N) is 1. The van der Waals surface area contributed by atoms with E-state index in [1.165, 1.54) is 12.1 Å². The van der Waals surface area contributed by atoms with Gasteiger partial charge in [-0.25, -0.2) is 9.37 Å². The molecule has 2 rings (SSSR count). The first-order valence-electron chi connectivity index (χ1n) is 4.56. The SMILES string of the molecule is Cc1ccc(-c2ccc(F)cc2)c(Cl)n1. The fraction of sp³-hybridized carbons (Fsp3) is 0.0833. The van der Waals surface area contributed by atoms with Crippen LogP contribution < -0.4 is 0 Å². The second-order valence-corrected chi connectivity index (χ2v) is 3.66. The highest BCUT2D eigenvalue weighted by atomic mass is 35.5. The summed E-state index contributed by atoms with van der Waals surface area (Å²) in [7, 11) is 0. The van der Waals surface area contributed by atoms with Crippen molar-refractivity contribution in [3.8, 4) is 11.1 Å². The van der Waals surface area contributed by atoms with Gasteiger partial charge >= 0.3 is 0 Å². The van der Waals surface area contributed by atoms with Crippen molar-refractivity contribution in [3.05, 3.63) is 53.1 Å².